The van der Waals surface area contributed by atoms with E-state index in [4.69, 9.17) is 4.74 Å². The van der Waals surface area contributed by atoms with Crippen LogP contribution in [0.25, 0.3) is 0 Å². The molecule has 0 aliphatic carbocycles. The van der Waals surface area contributed by atoms with Crippen LogP contribution in [-0.4, -0.2) is 28.5 Å². The third-order valence-electron chi connectivity index (χ3n) is 4.44. The van der Waals surface area contributed by atoms with E-state index in [1.807, 2.05) is 30.3 Å². The van der Waals surface area contributed by atoms with Gasteiger partial charge in [0.2, 0.25) is 0 Å². The Labute approximate surface area is 157 Å². The lowest BCUT2D eigenvalue weighted by atomic mass is 9.93. The number of ketones is 1. The highest BCUT2D eigenvalue weighted by atomic mass is 16.5. The number of aryl methyl sites for hydroxylation is 1. The van der Waals surface area contributed by atoms with Crippen LogP contribution in [0.4, 0.5) is 0 Å². The second kappa shape index (κ2) is 7.95. The predicted molar refractivity (Wildman–Crippen MR) is 99.6 cm³/mol. The average Bonchev–Trinajstić information content (AvgIpc) is 2.97. The van der Waals surface area contributed by atoms with Crippen LogP contribution in [-0.2, 0) is 16.0 Å². The summed E-state index contributed by atoms with van der Waals surface area (Å²) >= 11 is 0. The normalized spacial score (nSPS) is 16.3. The fourth-order valence-electron chi connectivity index (χ4n) is 3.09. The van der Waals surface area contributed by atoms with Crippen molar-refractivity contribution in [1.29, 1.82) is 0 Å². The number of carbonyl (C=O) groups excluding carboxylic acids is 2. The lowest BCUT2D eigenvalue weighted by Crippen LogP contribution is -2.23. The molecule has 27 heavy (non-hydrogen) atoms. The first-order valence-electron chi connectivity index (χ1n) is 8.78. The molecule has 0 saturated carbocycles. The molecule has 0 spiro atoms. The Morgan fingerprint density at radius 3 is 2.59 bits per heavy atom. The molecule has 0 radical (unpaired) electrons. The fourth-order valence-corrected chi connectivity index (χ4v) is 3.09. The summed E-state index contributed by atoms with van der Waals surface area (Å²) in [5.41, 5.74) is 1.60. The van der Waals surface area contributed by atoms with Crippen molar-refractivity contribution in [2.24, 2.45) is 0 Å². The molecule has 1 atom stereocenters. The summed E-state index contributed by atoms with van der Waals surface area (Å²) in [4.78, 5) is 24.7. The van der Waals surface area contributed by atoms with E-state index in [9.17, 15) is 19.8 Å². The van der Waals surface area contributed by atoms with Crippen molar-refractivity contribution in [2.45, 2.75) is 25.8 Å². The van der Waals surface area contributed by atoms with Gasteiger partial charge in [0, 0.05) is 6.42 Å². The first-order chi connectivity index (χ1) is 13.0. The maximum absolute atomic E-state index is 12.7. The number of rotatable bonds is 7. The van der Waals surface area contributed by atoms with Gasteiger partial charge >= 0.3 is 0 Å². The van der Waals surface area contributed by atoms with Gasteiger partial charge in [0.1, 0.15) is 0 Å². The van der Waals surface area contributed by atoms with E-state index < -0.39 is 17.7 Å². The molecule has 2 aromatic rings. The summed E-state index contributed by atoms with van der Waals surface area (Å²) in [5.74, 6) is -1.31. The Morgan fingerprint density at radius 2 is 1.89 bits per heavy atom. The molecule has 0 aromatic heterocycles. The van der Waals surface area contributed by atoms with Crippen LogP contribution in [0.3, 0.4) is 0 Å². The number of benzene rings is 2. The minimum absolute atomic E-state index is 0.0323. The van der Waals surface area contributed by atoms with E-state index in [1.165, 1.54) is 6.07 Å². The van der Waals surface area contributed by atoms with Crippen LogP contribution < -0.4 is 10.1 Å². The SMILES string of the molecule is CCOc1cc(C2NC(=O)C(O)=C2C(=O)CCc2ccccc2)ccc1O. The van der Waals surface area contributed by atoms with Gasteiger partial charge < -0.3 is 20.3 Å². The van der Waals surface area contributed by atoms with Gasteiger partial charge in [0.05, 0.1) is 18.2 Å². The lowest BCUT2D eigenvalue weighted by molar-refractivity contribution is -0.119. The van der Waals surface area contributed by atoms with E-state index >= 15 is 0 Å². The predicted octanol–water partition coefficient (Wildman–Crippen LogP) is 2.98. The number of amides is 1. The number of ether oxygens (including phenoxy) is 1. The first-order valence-corrected chi connectivity index (χ1v) is 8.78. The number of aromatic hydroxyl groups is 1. The van der Waals surface area contributed by atoms with Crippen LogP contribution in [0.5, 0.6) is 11.5 Å². The van der Waals surface area contributed by atoms with Crippen LogP contribution in [0.2, 0.25) is 0 Å². The van der Waals surface area contributed by atoms with E-state index in [0.29, 0.717) is 18.6 Å². The molecule has 1 unspecified atom stereocenters. The minimum Gasteiger partial charge on any atom is -0.504 e. The number of phenolic OH excluding ortho intramolecular Hbond substituents is 1. The smallest absolute Gasteiger partial charge is 0.287 e. The summed E-state index contributed by atoms with van der Waals surface area (Å²) in [6.07, 6.45) is 0.683. The van der Waals surface area contributed by atoms with Gasteiger partial charge in [-0.25, -0.2) is 0 Å². The number of nitrogens with one attached hydrogen (secondary N) is 1. The largest absolute Gasteiger partial charge is 0.504 e. The van der Waals surface area contributed by atoms with Crippen LogP contribution in [0.15, 0.2) is 59.9 Å². The van der Waals surface area contributed by atoms with Crippen molar-refractivity contribution in [3.05, 3.63) is 71.0 Å². The molecule has 0 bridgehead atoms. The van der Waals surface area contributed by atoms with Gasteiger partial charge in [-0.2, -0.15) is 0 Å². The first kappa shape index (κ1) is 18.5. The topological polar surface area (TPSA) is 95.9 Å². The van der Waals surface area contributed by atoms with Crippen molar-refractivity contribution in [2.75, 3.05) is 6.61 Å². The molecule has 140 valence electrons. The number of hydrogen-bond acceptors (Lipinski definition) is 5. The Kier molecular flexibility index (Phi) is 5.45. The van der Waals surface area contributed by atoms with E-state index in [2.05, 4.69) is 5.32 Å². The number of phenols is 1. The molecule has 1 aliphatic heterocycles. The highest BCUT2D eigenvalue weighted by molar-refractivity contribution is 6.09. The molecule has 0 fully saturated rings. The molecule has 0 saturated heterocycles. The molecular formula is C21H21NO5. The van der Waals surface area contributed by atoms with Crippen molar-refractivity contribution in [3.63, 3.8) is 0 Å². The van der Waals surface area contributed by atoms with Crippen molar-refractivity contribution in [1.82, 2.24) is 5.32 Å². The second-order valence-electron chi connectivity index (χ2n) is 6.24. The Morgan fingerprint density at radius 1 is 1.15 bits per heavy atom. The molecule has 6 heteroatoms. The lowest BCUT2D eigenvalue weighted by Gasteiger charge is -2.16. The number of aliphatic hydroxyl groups is 1. The van der Waals surface area contributed by atoms with E-state index in [1.54, 1.807) is 19.1 Å². The van der Waals surface area contributed by atoms with Crippen molar-refractivity contribution in [3.8, 4) is 11.5 Å². The van der Waals surface area contributed by atoms with Gasteiger partial charge in [0.25, 0.3) is 5.91 Å². The molecule has 1 aliphatic rings. The van der Waals surface area contributed by atoms with Crippen LogP contribution >= 0.6 is 0 Å². The Balaban J connectivity index is 1.84. The number of Topliss-reactive ketones (excluding diaryl/α,β-unsaturated/α-hetero) is 1. The quantitative estimate of drug-likeness (QED) is 0.699. The molecule has 3 N–H and O–H groups in total. The van der Waals surface area contributed by atoms with Crippen LogP contribution in [0.1, 0.15) is 30.5 Å². The zero-order chi connectivity index (χ0) is 19.4. The maximum atomic E-state index is 12.7. The van der Waals surface area contributed by atoms with Crippen LogP contribution in [0, 0.1) is 0 Å². The third kappa shape index (κ3) is 3.95. The highest BCUT2D eigenvalue weighted by Gasteiger charge is 2.36. The molecule has 1 amide bonds. The maximum Gasteiger partial charge on any atom is 0.287 e. The Bertz CT molecular complexity index is 889. The van der Waals surface area contributed by atoms with Crippen molar-refractivity contribution < 1.29 is 24.5 Å². The fraction of sp³-hybridized carbons (Fsp3) is 0.238. The summed E-state index contributed by atoms with van der Waals surface area (Å²) in [5, 5.41) is 22.6. The van der Waals surface area contributed by atoms with Gasteiger partial charge in [0.15, 0.2) is 23.0 Å². The molecule has 6 nitrogen and oxygen atoms in total. The summed E-state index contributed by atoms with van der Waals surface area (Å²) in [7, 11) is 0. The van der Waals surface area contributed by atoms with Crippen molar-refractivity contribution >= 4 is 11.7 Å². The summed E-state index contributed by atoms with van der Waals surface area (Å²) in [6.45, 7) is 2.14. The minimum atomic E-state index is -0.777. The second-order valence-corrected chi connectivity index (χ2v) is 6.24. The van der Waals surface area contributed by atoms with Gasteiger partial charge in [-0.15, -0.1) is 0 Å². The summed E-state index contributed by atoms with van der Waals surface area (Å²) in [6, 6.07) is 13.3. The zero-order valence-electron chi connectivity index (χ0n) is 14.9. The number of carbonyl (C=O) groups is 2. The van der Waals surface area contributed by atoms with E-state index in [0.717, 1.165) is 5.56 Å². The van der Waals surface area contributed by atoms with Gasteiger partial charge in [-0.3, -0.25) is 9.59 Å². The third-order valence-corrected chi connectivity index (χ3v) is 4.44. The summed E-state index contributed by atoms with van der Waals surface area (Å²) < 4.78 is 5.37. The highest BCUT2D eigenvalue weighted by Crippen LogP contribution is 2.35. The standard InChI is InChI=1S/C21H21NO5/c1-2-27-17-12-14(9-11-15(17)23)19-18(20(25)21(26)22-19)16(24)10-8-13-6-4-3-5-7-13/h3-7,9,11-12,19,23,25H,2,8,10H2,1H3,(H,22,26). The molecular weight excluding hydrogens is 346 g/mol. The average molecular weight is 367 g/mol. The molecule has 3 rings (SSSR count). The zero-order valence-corrected chi connectivity index (χ0v) is 14.9. The Hall–Kier alpha value is -3.28. The van der Waals surface area contributed by atoms with Gasteiger partial charge in [-0.1, -0.05) is 36.4 Å². The van der Waals surface area contributed by atoms with E-state index in [-0.39, 0.29) is 29.3 Å². The number of hydrogen-bond donors (Lipinski definition) is 3. The number of aliphatic hydroxyl groups excluding tert-OH is 1. The van der Waals surface area contributed by atoms with Gasteiger partial charge in [-0.05, 0) is 36.6 Å². The molecule has 1 heterocycles. The molecule has 2 aromatic carbocycles. The monoisotopic (exact) mass is 367 g/mol.